The van der Waals surface area contributed by atoms with E-state index >= 15 is 0 Å². The van der Waals surface area contributed by atoms with Crippen LogP contribution in [0.4, 0.5) is 11.9 Å². The summed E-state index contributed by atoms with van der Waals surface area (Å²) in [5.74, 6) is 1.47. The van der Waals surface area contributed by atoms with E-state index in [0.29, 0.717) is 39.5 Å². The standard InChI is InChI=1S/C28H34Cl2N8O/c1-5-37-24-15-22(30)21(29)14-23(24)31-27(37)38(20-12-10-19(11-13-20)28(2,3)4)16-17-6-8-18(9-7-17)25(39)32-26-33-35-36-34-26/h6-9,14-15,19-20H,5,10-13,16H2,1-4H3,(H2,32,33,34,35,36,39). The van der Waals surface area contributed by atoms with Gasteiger partial charge in [-0.05, 0) is 79.0 Å². The molecule has 0 atom stereocenters. The van der Waals surface area contributed by atoms with Gasteiger partial charge < -0.3 is 9.47 Å². The highest BCUT2D eigenvalue weighted by Crippen LogP contribution is 2.41. The van der Waals surface area contributed by atoms with Crippen LogP contribution in [-0.2, 0) is 13.1 Å². The number of imidazole rings is 1. The lowest BCUT2D eigenvalue weighted by Gasteiger charge is -2.41. The first kappa shape index (κ1) is 27.4. The number of rotatable bonds is 7. The maximum atomic E-state index is 12.6. The molecule has 0 unspecified atom stereocenters. The second-order valence-corrected chi connectivity index (χ2v) is 12.1. The van der Waals surface area contributed by atoms with Crippen LogP contribution in [0.1, 0.15) is 69.3 Å². The second kappa shape index (κ2) is 11.1. The summed E-state index contributed by atoms with van der Waals surface area (Å²) in [6, 6.07) is 11.7. The van der Waals surface area contributed by atoms with Gasteiger partial charge in [0, 0.05) is 24.7 Å². The number of carbonyl (C=O) groups is 1. The fourth-order valence-electron chi connectivity index (χ4n) is 5.60. The van der Waals surface area contributed by atoms with Crippen molar-refractivity contribution in [2.75, 3.05) is 10.2 Å². The quantitative estimate of drug-likeness (QED) is 0.256. The highest BCUT2D eigenvalue weighted by Gasteiger charge is 2.33. The van der Waals surface area contributed by atoms with Crippen molar-refractivity contribution in [3.05, 3.63) is 57.6 Å². The Hall–Kier alpha value is -3.17. The van der Waals surface area contributed by atoms with Gasteiger partial charge >= 0.3 is 0 Å². The summed E-state index contributed by atoms with van der Waals surface area (Å²) in [4.78, 5) is 20.1. The molecule has 1 saturated carbocycles. The number of anilines is 2. The predicted octanol–water partition coefficient (Wildman–Crippen LogP) is 6.74. The van der Waals surface area contributed by atoms with E-state index in [4.69, 9.17) is 28.2 Å². The number of fused-ring (bicyclic) bond motifs is 1. The van der Waals surface area contributed by atoms with Crippen LogP contribution in [0.2, 0.25) is 10.0 Å². The van der Waals surface area contributed by atoms with E-state index in [9.17, 15) is 4.79 Å². The average Bonchev–Trinajstić information content (AvgIpc) is 3.55. The molecule has 0 spiro atoms. The highest BCUT2D eigenvalue weighted by molar-refractivity contribution is 6.42. The Bertz CT molecular complexity index is 1440. The van der Waals surface area contributed by atoms with Crippen molar-refractivity contribution in [3.63, 3.8) is 0 Å². The van der Waals surface area contributed by atoms with Gasteiger partial charge in [0.25, 0.3) is 11.9 Å². The lowest BCUT2D eigenvalue weighted by atomic mass is 9.71. The molecule has 1 aliphatic carbocycles. The predicted molar refractivity (Wildman–Crippen MR) is 155 cm³/mol. The Morgan fingerprint density at radius 2 is 1.79 bits per heavy atom. The van der Waals surface area contributed by atoms with Crippen molar-refractivity contribution in [2.45, 2.75) is 72.5 Å². The van der Waals surface area contributed by atoms with Crippen LogP contribution < -0.4 is 10.2 Å². The minimum absolute atomic E-state index is 0.139. The van der Waals surface area contributed by atoms with Crippen LogP contribution in [-0.4, -0.2) is 42.1 Å². The van der Waals surface area contributed by atoms with Gasteiger partial charge in [0.05, 0.1) is 21.1 Å². The van der Waals surface area contributed by atoms with Crippen molar-refractivity contribution in [1.82, 2.24) is 30.2 Å². The number of nitrogens with zero attached hydrogens (tertiary/aromatic N) is 6. The van der Waals surface area contributed by atoms with Crippen LogP contribution in [0.15, 0.2) is 36.4 Å². The molecule has 11 heteroatoms. The molecule has 1 amide bonds. The van der Waals surface area contributed by atoms with Crippen LogP contribution in [0, 0.1) is 11.3 Å². The molecular formula is C28H34Cl2N8O. The van der Waals surface area contributed by atoms with Gasteiger partial charge in [-0.25, -0.2) is 4.98 Å². The Morgan fingerprint density at radius 3 is 2.41 bits per heavy atom. The number of amides is 1. The van der Waals surface area contributed by atoms with Gasteiger partial charge in [0.2, 0.25) is 5.95 Å². The number of aromatic amines is 1. The van der Waals surface area contributed by atoms with Crippen LogP contribution in [0.5, 0.6) is 0 Å². The number of carbonyl (C=O) groups excluding carboxylic acids is 1. The molecule has 0 bridgehead atoms. The number of tetrazole rings is 1. The van der Waals surface area contributed by atoms with E-state index in [1.807, 2.05) is 36.4 Å². The van der Waals surface area contributed by atoms with Crippen molar-refractivity contribution in [2.24, 2.45) is 11.3 Å². The summed E-state index contributed by atoms with van der Waals surface area (Å²) < 4.78 is 2.22. The lowest BCUT2D eigenvalue weighted by Crippen LogP contribution is -2.41. The summed E-state index contributed by atoms with van der Waals surface area (Å²) in [5.41, 5.74) is 3.73. The molecule has 0 aliphatic heterocycles. The molecule has 1 aliphatic rings. The normalized spacial score (nSPS) is 17.9. The molecular weight excluding hydrogens is 535 g/mol. The molecule has 0 radical (unpaired) electrons. The molecule has 5 rings (SSSR count). The van der Waals surface area contributed by atoms with Gasteiger partial charge in [0.15, 0.2) is 0 Å². The minimum atomic E-state index is -0.290. The van der Waals surface area contributed by atoms with E-state index in [-0.39, 0.29) is 11.9 Å². The molecule has 2 N–H and O–H groups in total. The molecule has 9 nitrogen and oxygen atoms in total. The molecule has 2 aromatic heterocycles. The zero-order chi connectivity index (χ0) is 27.7. The second-order valence-electron chi connectivity index (χ2n) is 11.3. The van der Waals surface area contributed by atoms with Gasteiger partial charge in [-0.3, -0.25) is 10.1 Å². The molecule has 2 aromatic carbocycles. The van der Waals surface area contributed by atoms with Crippen LogP contribution >= 0.6 is 23.2 Å². The molecule has 0 saturated heterocycles. The van der Waals surface area contributed by atoms with Gasteiger partial charge in [-0.15, -0.1) is 5.10 Å². The van der Waals surface area contributed by atoms with E-state index < -0.39 is 0 Å². The smallest absolute Gasteiger partial charge is 0.270 e. The zero-order valence-corrected chi connectivity index (χ0v) is 24.2. The Kier molecular flexibility index (Phi) is 7.82. The molecule has 1 fully saturated rings. The topological polar surface area (TPSA) is 105 Å². The highest BCUT2D eigenvalue weighted by atomic mass is 35.5. The third kappa shape index (κ3) is 5.89. The fourth-order valence-corrected chi connectivity index (χ4v) is 5.92. The summed E-state index contributed by atoms with van der Waals surface area (Å²) in [5, 5.41) is 17.0. The summed E-state index contributed by atoms with van der Waals surface area (Å²) in [7, 11) is 0. The number of hydrogen-bond donors (Lipinski definition) is 2. The zero-order valence-electron chi connectivity index (χ0n) is 22.7. The molecule has 4 aromatic rings. The lowest BCUT2D eigenvalue weighted by molar-refractivity contribution is 0.102. The van der Waals surface area contributed by atoms with Crippen molar-refractivity contribution < 1.29 is 4.79 Å². The van der Waals surface area contributed by atoms with Crippen molar-refractivity contribution in [3.8, 4) is 0 Å². The van der Waals surface area contributed by atoms with Gasteiger partial charge in [-0.2, -0.15) is 5.21 Å². The number of hydrogen-bond acceptors (Lipinski definition) is 6. The van der Waals surface area contributed by atoms with Crippen molar-refractivity contribution >= 4 is 52.0 Å². The SMILES string of the molecule is CCn1c(N(Cc2ccc(C(=O)Nc3nn[nH]n3)cc2)C2CCC(C(C)(C)C)CC2)nc2cc(Cl)c(Cl)cc21. The number of nitrogens with one attached hydrogen (secondary N) is 2. The first-order chi connectivity index (χ1) is 18.6. The van der Waals surface area contributed by atoms with Crippen LogP contribution in [0.3, 0.4) is 0 Å². The summed E-state index contributed by atoms with van der Waals surface area (Å²) >= 11 is 12.7. The number of halogens is 2. The monoisotopic (exact) mass is 568 g/mol. The van der Waals surface area contributed by atoms with E-state index in [2.05, 4.69) is 63.1 Å². The number of aryl methyl sites for hydroxylation is 1. The molecule has 206 valence electrons. The summed E-state index contributed by atoms with van der Waals surface area (Å²) in [6.07, 6.45) is 4.57. The number of aromatic nitrogens is 6. The van der Waals surface area contributed by atoms with Crippen LogP contribution in [0.25, 0.3) is 11.0 Å². The van der Waals surface area contributed by atoms with Crippen molar-refractivity contribution in [1.29, 1.82) is 0 Å². The Balaban J connectivity index is 1.45. The third-order valence-corrected chi connectivity index (χ3v) is 8.57. The van der Waals surface area contributed by atoms with E-state index in [0.717, 1.165) is 41.9 Å². The van der Waals surface area contributed by atoms with E-state index in [1.54, 1.807) is 0 Å². The fraction of sp³-hybridized carbons (Fsp3) is 0.464. The maximum Gasteiger partial charge on any atom is 0.270 e. The van der Waals surface area contributed by atoms with Gasteiger partial charge in [-0.1, -0.05) is 61.2 Å². The summed E-state index contributed by atoms with van der Waals surface area (Å²) in [6.45, 7) is 10.6. The minimum Gasteiger partial charge on any atom is -0.335 e. The average molecular weight is 570 g/mol. The molecule has 2 heterocycles. The third-order valence-electron chi connectivity index (χ3n) is 7.85. The number of benzene rings is 2. The maximum absolute atomic E-state index is 12.6. The number of H-pyrrole nitrogens is 1. The van der Waals surface area contributed by atoms with E-state index in [1.165, 1.54) is 12.8 Å². The first-order valence-electron chi connectivity index (χ1n) is 13.4. The Labute approximate surface area is 238 Å². The largest absolute Gasteiger partial charge is 0.335 e. The first-order valence-corrected chi connectivity index (χ1v) is 14.1. The molecule has 39 heavy (non-hydrogen) atoms. The Morgan fingerprint density at radius 1 is 1.10 bits per heavy atom. The van der Waals surface area contributed by atoms with Gasteiger partial charge in [0.1, 0.15) is 0 Å².